The second-order valence-electron chi connectivity index (χ2n) is 9.02. The van der Waals surface area contributed by atoms with Gasteiger partial charge in [0.1, 0.15) is 11.6 Å². The fraction of sp³-hybridized carbons (Fsp3) is 0.407. The van der Waals surface area contributed by atoms with Gasteiger partial charge in [0, 0.05) is 18.5 Å². The summed E-state index contributed by atoms with van der Waals surface area (Å²) in [6.45, 7) is 5.65. The number of nitrogens with one attached hydrogen (secondary N) is 1. The fourth-order valence-electron chi connectivity index (χ4n) is 4.13. The van der Waals surface area contributed by atoms with Crippen molar-refractivity contribution in [3.63, 3.8) is 0 Å². The Hall–Kier alpha value is -3.19. The Morgan fingerprint density at radius 3 is 2.44 bits per heavy atom. The maximum absolute atomic E-state index is 13.6. The molecule has 34 heavy (non-hydrogen) atoms. The lowest BCUT2D eigenvalue weighted by Crippen LogP contribution is -3.05. The van der Waals surface area contributed by atoms with Gasteiger partial charge >= 0.3 is 0 Å². The van der Waals surface area contributed by atoms with Gasteiger partial charge < -0.3 is 19.6 Å². The van der Waals surface area contributed by atoms with Crippen molar-refractivity contribution >= 4 is 17.4 Å². The van der Waals surface area contributed by atoms with Crippen molar-refractivity contribution in [2.24, 2.45) is 0 Å². The highest BCUT2D eigenvalue weighted by Gasteiger charge is 2.43. The number of ether oxygens (including phenoxy) is 1. The summed E-state index contributed by atoms with van der Waals surface area (Å²) in [7, 11) is 4.01. The van der Waals surface area contributed by atoms with Gasteiger partial charge in [0.15, 0.2) is 0 Å². The summed E-state index contributed by atoms with van der Waals surface area (Å²) < 4.78 is 19.4. The number of nitrogens with zero attached hydrogens (tertiary/aromatic N) is 1. The van der Waals surface area contributed by atoms with E-state index in [2.05, 4.69) is 6.92 Å². The van der Waals surface area contributed by atoms with Crippen LogP contribution in [0.5, 0.6) is 5.75 Å². The van der Waals surface area contributed by atoms with Crippen LogP contribution in [0.1, 0.15) is 48.9 Å². The van der Waals surface area contributed by atoms with E-state index < -0.39 is 29.3 Å². The first-order valence-electron chi connectivity index (χ1n) is 11.8. The summed E-state index contributed by atoms with van der Waals surface area (Å²) in [5.41, 5.74) is 1.55. The van der Waals surface area contributed by atoms with Crippen molar-refractivity contribution in [1.29, 1.82) is 0 Å². The molecule has 0 saturated carbocycles. The maximum Gasteiger partial charge on any atom is 0.295 e. The molecule has 0 bridgehead atoms. The van der Waals surface area contributed by atoms with Crippen LogP contribution in [-0.4, -0.2) is 50.4 Å². The van der Waals surface area contributed by atoms with E-state index in [0.717, 1.165) is 24.9 Å². The van der Waals surface area contributed by atoms with Crippen LogP contribution < -0.4 is 14.7 Å². The molecule has 1 unspecified atom stereocenters. The molecule has 0 spiro atoms. The van der Waals surface area contributed by atoms with Gasteiger partial charge in [-0.3, -0.25) is 9.59 Å². The van der Waals surface area contributed by atoms with Crippen molar-refractivity contribution in [3.05, 3.63) is 70.5 Å². The van der Waals surface area contributed by atoms with Gasteiger partial charge in [-0.05, 0) is 54.3 Å². The van der Waals surface area contributed by atoms with Gasteiger partial charge in [-0.2, -0.15) is 0 Å². The van der Waals surface area contributed by atoms with Gasteiger partial charge in [-0.25, -0.2) is 4.39 Å². The molecule has 182 valence electrons. The number of rotatable bonds is 10. The topological polar surface area (TPSA) is 74.1 Å². The van der Waals surface area contributed by atoms with Crippen LogP contribution in [0, 0.1) is 12.7 Å². The first-order valence-corrected chi connectivity index (χ1v) is 11.8. The van der Waals surface area contributed by atoms with Crippen molar-refractivity contribution in [3.8, 4) is 5.75 Å². The highest BCUT2D eigenvalue weighted by molar-refractivity contribution is 6.46. The third-order valence-electron chi connectivity index (χ3n) is 5.98. The summed E-state index contributed by atoms with van der Waals surface area (Å²) >= 11 is 0. The third-order valence-corrected chi connectivity index (χ3v) is 5.98. The number of hydrogen-bond acceptors (Lipinski definition) is 4. The number of unbranched alkanes of at least 4 members (excludes halogenated alkanes) is 1. The molecule has 7 heteroatoms. The number of hydrogen-bond donors (Lipinski definition) is 1. The molecule has 1 atom stereocenters. The second kappa shape index (κ2) is 11.3. The van der Waals surface area contributed by atoms with Crippen LogP contribution in [0.4, 0.5) is 4.39 Å². The molecular weight excluding hydrogens is 435 g/mol. The Labute approximate surface area is 200 Å². The van der Waals surface area contributed by atoms with E-state index >= 15 is 0 Å². The second-order valence-corrected chi connectivity index (χ2v) is 9.02. The monoisotopic (exact) mass is 468 g/mol. The largest absolute Gasteiger partial charge is 0.872 e. The Bertz CT molecular complexity index is 1060. The SMILES string of the molecule is CCCCOc1ccc(/C([O-])=C2\C(=O)C(=O)N(CCC[NH+](C)C)C2c2ccc(F)cc2)cc1C. The molecule has 1 saturated heterocycles. The highest BCUT2D eigenvalue weighted by Crippen LogP contribution is 2.39. The van der Waals surface area contributed by atoms with Crippen LogP contribution in [-0.2, 0) is 9.59 Å². The van der Waals surface area contributed by atoms with Gasteiger partial charge in [0.05, 0.1) is 33.3 Å². The zero-order valence-corrected chi connectivity index (χ0v) is 20.3. The van der Waals surface area contributed by atoms with E-state index in [4.69, 9.17) is 4.74 Å². The molecule has 2 aromatic rings. The molecule has 1 amide bonds. The fourth-order valence-corrected chi connectivity index (χ4v) is 4.13. The molecule has 1 aliphatic rings. The lowest BCUT2D eigenvalue weighted by molar-refractivity contribution is -0.858. The number of halogens is 1. The average molecular weight is 469 g/mol. The van der Waals surface area contributed by atoms with Gasteiger partial charge in [-0.15, -0.1) is 0 Å². The summed E-state index contributed by atoms with van der Waals surface area (Å²) in [6, 6.07) is 9.81. The van der Waals surface area contributed by atoms with Gasteiger partial charge in [0.2, 0.25) is 5.78 Å². The number of aryl methyl sites for hydroxylation is 1. The summed E-state index contributed by atoms with van der Waals surface area (Å²) in [6.07, 6.45) is 2.61. The summed E-state index contributed by atoms with van der Waals surface area (Å²) in [5, 5.41) is 13.5. The zero-order valence-electron chi connectivity index (χ0n) is 20.3. The molecule has 0 aliphatic carbocycles. The van der Waals surface area contributed by atoms with E-state index in [1.54, 1.807) is 18.2 Å². The predicted octanol–water partition coefficient (Wildman–Crippen LogP) is 2.07. The minimum atomic E-state index is -0.842. The normalized spacial score (nSPS) is 17.6. The molecule has 1 N–H and O–H groups in total. The number of carbonyl (C=O) groups is 2. The number of likely N-dealkylation sites (tertiary alicyclic amines) is 1. The molecule has 0 radical (unpaired) electrons. The Kier molecular flexibility index (Phi) is 8.45. The van der Waals surface area contributed by atoms with Crippen molar-refractivity contribution in [2.75, 3.05) is 33.8 Å². The predicted molar refractivity (Wildman–Crippen MR) is 127 cm³/mol. The Balaban J connectivity index is 2.02. The lowest BCUT2D eigenvalue weighted by Gasteiger charge is -2.28. The molecule has 0 aromatic heterocycles. The van der Waals surface area contributed by atoms with E-state index in [1.165, 1.54) is 34.1 Å². The van der Waals surface area contributed by atoms with E-state index in [0.29, 0.717) is 36.4 Å². The number of quaternary nitrogens is 1. The van der Waals surface area contributed by atoms with Gasteiger partial charge in [0.25, 0.3) is 5.91 Å². The number of ketones is 1. The van der Waals surface area contributed by atoms with Gasteiger partial charge in [-0.1, -0.05) is 37.3 Å². The highest BCUT2D eigenvalue weighted by atomic mass is 19.1. The van der Waals surface area contributed by atoms with Crippen molar-refractivity contribution in [2.45, 2.75) is 39.2 Å². The van der Waals surface area contributed by atoms with E-state index in [1.807, 2.05) is 21.0 Å². The van der Waals surface area contributed by atoms with Crippen LogP contribution >= 0.6 is 0 Å². The first kappa shape index (κ1) is 25.4. The van der Waals surface area contributed by atoms with E-state index in [9.17, 15) is 19.1 Å². The maximum atomic E-state index is 13.6. The number of Topliss-reactive ketones (excluding diaryl/α,β-unsaturated/α-hetero) is 1. The third kappa shape index (κ3) is 5.65. The number of benzene rings is 2. The summed E-state index contributed by atoms with van der Waals surface area (Å²) in [4.78, 5) is 28.7. The molecular formula is C27H33FN2O4. The molecule has 2 aromatic carbocycles. The summed E-state index contributed by atoms with van der Waals surface area (Å²) in [5.74, 6) is -1.72. The number of carbonyl (C=O) groups excluding carboxylic acids is 2. The van der Waals surface area contributed by atoms with Crippen LogP contribution in [0.15, 0.2) is 48.0 Å². The van der Waals surface area contributed by atoms with Crippen LogP contribution in [0.25, 0.3) is 5.76 Å². The zero-order chi connectivity index (χ0) is 24.8. The molecule has 1 heterocycles. The number of amides is 1. The van der Waals surface area contributed by atoms with Crippen molar-refractivity contribution in [1.82, 2.24) is 4.90 Å². The van der Waals surface area contributed by atoms with Crippen LogP contribution in [0.2, 0.25) is 0 Å². The standard InChI is InChI=1S/C27H33FN2O4/c1-5-6-16-34-22-13-10-20(17-18(22)2)25(31)23-24(19-8-11-21(28)12-9-19)30(27(33)26(23)32)15-7-14-29(3)4/h8-13,17,24,31H,5-7,14-16H2,1-4H3/b25-23+. The molecule has 3 rings (SSSR count). The van der Waals surface area contributed by atoms with Crippen LogP contribution in [0.3, 0.4) is 0 Å². The minimum absolute atomic E-state index is 0.0899. The first-order chi connectivity index (χ1) is 16.2. The van der Waals surface area contributed by atoms with E-state index in [-0.39, 0.29) is 5.57 Å². The smallest absolute Gasteiger partial charge is 0.295 e. The van der Waals surface area contributed by atoms with Crippen molar-refractivity contribution < 1.29 is 28.7 Å². The molecule has 6 nitrogen and oxygen atoms in total. The minimum Gasteiger partial charge on any atom is -0.872 e. The Morgan fingerprint density at radius 2 is 1.82 bits per heavy atom. The molecule has 1 aliphatic heterocycles. The Morgan fingerprint density at radius 1 is 1.12 bits per heavy atom. The lowest BCUT2D eigenvalue weighted by atomic mass is 9.94. The molecule has 1 fully saturated rings. The average Bonchev–Trinajstić information content (AvgIpc) is 3.05. The quantitative estimate of drug-likeness (QED) is 0.251.